The van der Waals surface area contributed by atoms with Crippen LogP contribution >= 0.6 is 12.2 Å². The van der Waals surface area contributed by atoms with Gasteiger partial charge in [-0.1, -0.05) is 48.9 Å². The zero-order valence-corrected chi connectivity index (χ0v) is 42.2. The summed E-state index contributed by atoms with van der Waals surface area (Å²) < 4.78 is 54.9. The minimum absolute atomic E-state index is 0.00450. The average molecular weight is 1010 g/mol. The van der Waals surface area contributed by atoms with Gasteiger partial charge in [0.25, 0.3) is 0 Å². The Hall–Kier alpha value is -3.95. The highest BCUT2D eigenvalue weighted by Crippen LogP contribution is 2.19. The number of ether oxygens (including phenoxy) is 10. The first-order chi connectivity index (χ1) is 34.3. The lowest BCUT2D eigenvalue weighted by molar-refractivity contribution is -0.129. The lowest BCUT2D eigenvalue weighted by Crippen LogP contribution is -2.35. The van der Waals surface area contributed by atoms with Gasteiger partial charge >= 0.3 is 0 Å². The summed E-state index contributed by atoms with van der Waals surface area (Å²) in [5.41, 5.74) is 0.913. The third kappa shape index (κ3) is 36.9. The molecule has 2 amide bonds. The van der Waals surface area contributed by atoms with Crippen molar-refractivity contribution >= 4 is 57.3 Å². The molecule has 2 aromatic carbocycles. The maximum Gasteiger partial charge on any atom is 0.223 e. The van der Waals surface area contributed by atoms with E-state index in [-0.39, 0.29) is 48.4 Å². The third-order valence-electron chi connectivity index (χ3n) is 10.3. The molecule has 19 heteroatoms. The third-order valence-corrected chi connectivity index (χ3v) is 10.4. The van der Waals surface area contributed by atoms with Gasteiger partial charge < -0.3 is 58.0 Å². The minimum atomic E-state index is -0.497. The number of aliphatic imine (C=N–C) groups is 1. The van der Waals surface area contributed by atoms with Crippen LogP contribution in [0.5, 0.6) is 0 Å². The Bertz CT molecular complexity index is 1750. The van der Waals surface area contributed by atoms with Gasteiger partial charge in [0, 0.05) is 64.1 Å². The Kier molecular flexibility index (Phi) is 39.9. The van der Waals surface area contributed by atoms with Crippen LogP contribution in [0.3, 0.4) is 0 Å². The number of nitrogens with zero attached hydrogens (tertiary/aromatic N) is 1. The number of fused-ring (bicyclic) bond motifs is 1. The molecule has 0 bridgehead atoms. The Morgan fingerprint density at radius 3 is 1.66 bits per heavy atom. The Morgan fingerprint density at radius 1 is 0.529 bits per heavy atom. The molecule has 2 N–H and O–H groups in total. The zero-order valence-electron chi connectivity index (χ0n) is 41.4. The van der Waals surface area contributed by atoms with Crippen molar-refractivity contribution in [3.05, 3.63) is 48.0 Å². The van der Waals surface area contributed by atoms with Gasteiger partial charge in [-0.05, 0) is 54.7 Å². The lowest BCUT2D eigenvalue weighted by Gasteiger charge is -2.17. The molecule has 394 valence electrons. The minimum Gasteiger partial charge on any atom is -0.381 e. The fraction of sp³-hybridized carbons (Fsp3) is 0.686. The number of amides is 2. The van der Waals surface area contributed by atoms with Gasteiger partial charge in [-0.15, -0.1) is 0 Å². The van der Waals surface area contributed by atoms with Crippen molar-refractivity contribution in [3.63, 3.8) is 0 Å². The maximum absolute atomic E-state index is 13.3. The van der Waals surface area contributed by atoms with Gasteiger partial charge in [0.15, 0.2) is 0 Å². The quantitative estimate of drug-likeness (QED) is 0.0521. The standard InChI is InChI=1S/C51H79N3O15S/c1-43(55)13-20-60-19-6-10-48(56)14-21-62-25-27-64-29-31-66-33-35-68-37-38-69-36-34-67-32-30-65-28-26-63-24-18-54-51(59)47(9-4-5-16-53-50(58)15-22-61-23-17-52-42-70)41-49(57)40-44-11-12-45-7-2-3-8-46(45)39-44/h2-3,7-8,11-12,39,47H,4-6,9-10,13-38,40-41H2,1H3,(H,53,58)(H,54,59). The zero-order chi connectivity index (χ0) is 50.4. The second kappa shape index (κ2) is 45.0. The summed E-state index contributed by atoms with van der Waals surface area (Å²) in [5.74, 6) is -0.576. The maximum atomic E-state index is 13.3. The van der Waals surface area contributed by atoms with Crippen LogP contribution in [0.2, 0.25) is 0 Å². The van der Waals surface area contributed by atoms with E-state index in [1.54, 1.807) is 0 Å². The number of carbonyl (C=O) groups excluding carboxylic acids is 5. The van der Waals surface area contributed by atoms with Crippen molar-refractivity contribution in [2.24, 2.45) is 10.9 Å². The fourth-order valence-corrected chi connectivity index (χ4v) is 6.63. The number of rotatable bonds is 50. The summed E-state index contributed by atoms with van der Waals surface area (Å²) >= 11 is 4.52. The number of Topliss-reactive ketones (excluding diaryl/α,β-unsaturated/α-hetero) is 3. The molecule has 0 saturated heterocycles. The number of hydrogen-bond donors (Lipinski definition) is 2. The van der Waals surface area contributed by atoms with Crippen LogP contribution in [-0.4, -0.2) is 186 Å². The number of unbranched alkanes of at least 4 members (excludes halogenated alkanes) is 1. The normalized spacial score (nSPS) is 11.6. The molecule has 0 heterocycles. The molecule has 0 aliphatic rings. The van der Waals surface area contributed by atoms with Crippen molar-refractivity contribution < 1.29 is 71.3 Å². The second-order valence-corrected chi connectivity index (χ2v) is 16.3. The SMILES string of the molecule is CC(=O)CCOCCCC(=O)CCOCCOCCOCCOCCOCCOCCOCCOCCNC(=O)C(CCCCNC(=O)CCOCCN=C=S)CC(=O)Cc1ccc2ccccc2c1. The van der Waals surface area contributed by atoms with E-state index < -0.39 is 5.92 Å². The summed E-state index contributed by atoms with van der Waals surface area (Å²) in [6.07, 6.45) is 4.33. The van der Waals surface area contributed by atoms with Gasteiger partial charge in [-0.2, -0.15) is 0 Å². The van der Waals surface area contributed by atoms with Gasteiger partial charge in [-0.3, -0.25) is 24.0 Å². The van der Waals surface area contributed by atoms with E-state index >= 15 is 0 Å². The Balaban J connectivity index is 1.42. The summed E-state index contributed by atoms with van der Waals surface area (Å²) in [5, 5.41) is 10.3. The molecule has 70 heavy (non-hydrogen) atoms. The number of hydrogen-bond acceptors (Lipinski definition) is 17. The molecule has 1 unspecified atom stereocenters. The summed E-state index contributed by atoms with van der Waals surface area (Å²) in [6.45, 7) is 10.9. The number of thiocarbonyl (C=S) groups is 1. The van der Waals surface area contributed by atoms with E-state index in [0.717, 1.165) is 16.3 Å². The smallest absolute Gasteiger partial charge is 0.223 e. The van der Waals surface area contributed by atoms with E-state index in [2.05, 4.69) is 33.0 Å². The molecular weight excluding hydrogens is 927 g/mol. The highest BCUT2D eigenvalue weighted by Gasteiger charge is 2.22. The van der Waals surface area contributed by atoms with Crippen LogP contribution in [0.1, 0.15) is 70.3 Å². The number of isothiocyanates is 1. The molecule has 0 saturated carbocycles. The number of benzene rings is 2. The van der Waals surface area contributed by atoms with Crippen LogP contribution in [-0.2, 0) is 77.8 Å². The number of ketones is 3. The van der Waals surface area contributed by atoms with E-state index in [1.165, 1.54) is 6.92 Å². The number of carbonyl (C=O) groups is 5. The molecule has 0 spiro atoms. The molecule has 2 rings (SSSR count). The first-order valence-electron chi connectivity index (χ1n) is 24.6. The number of nitrogens with one attached hydrogen (secondary N) is 2. The summed E-state index contributed by atoms with van der Waals surface area (Å²) in [7, 11) is 0. The van der Waals surface area contributed by atoms with E-state index in [0.29, 0.717) is 197 Å². The van der Waals surface area contributed by atoms with E-state index in [1.807, 2.05) is 42.5 Å². The molecule has 0 aliphatic heterocycles. The summed E-state index contributed by atoms with van der Waals surface area (Å²) in [6, 6.07) is 14.0. The second-order valence-electron chi connectivity index (χ2n) is 16.1. The highest BCUT2D eigenvalue weighted by molar-refractivity contribution is 7.78. The van der Waals surface area contributed by atoms with Crippen molar-refractivity contribution in [1.29, 1.82) is 0 Å². The predicted molar refractivity (Wildman–Crippen MR) is 267 cm³/mol. The van der Waals surface area contributed by atoms with E-state index in [9.17, 15) is 24.0 Å². The van der Waals surface area contributed by atoms with Gasteiger partial charge in [-0.25, -0.2) is 4.99 Å². The molecule has 0 aromatic heterocycles. The molecule has 0 radical (unpaired) electrons. The van der Waals surface area contributed by atoms with Gasteiger partial charge in [0.2, 0.25) is 11.8 Å². The lowest BCUT2D eigenvalue weighted by atomic mass is 9.92. The van der Waals surface area contributed by atoms with Crippen molar-refractivity contribution in [3.8, 4) is 0 Å². The van der Waals surface area contributed by atoms with Crippen molar-refractivity contribution in [1.82, 2.24) is 10.6 Å². The largest absolute Gasteiger partial charge is 0.381 e. The molecule has 1 atom stereocenters. The average Bonchev–Trinajstić information content (AvgIpc) is 3.35. The van der Waals surface area contributed by atoms with Gasteiger partial charge in [0.1, 0.15) is 17.3 Å². The topological polar surface area (TPSA) is 214 Å². The van der Waals surface area contributed by atoms with Crippen LogP contribution in [0.4, 0.5) is 0 Å². The monoisotopic (exact) mass is 1010 g/mol. The van der Waals surface area contributed by atoms with Crippen molar-refractivity contribution in [2.45, 2.75) is 71.1 Å². The Morgan fingerprint density at radius 2 is 1.06 bits per heavy atom. The van der Waals surface area contributed by atoms with Crippen LogP contribution in [0, 0.1) is 5.92 Å². The summed E-state index contributed by atoms with van der Waals surface area (Å²) in [4.78, 5) is 65.1. The van der Waals surface area contributed by atoms with Crippen LogP contribution in [0.15, 0.2) is 47.5 Å². The molecule has 2 aromatic rings. The van der Waals surface area contributed by atoms with Crippen molar-refractivity contribution in [2.75, 3.05) is 152 Å². The molecule has 0 fully saturated rings. The van der Waals surface area contributed by atoms with E-state index in [4.69, 9.17) is 47.4 Å². The fourth-order valence-electron chi connectivity index (χ4n) is 6.54. The molecule has 18 nitrogen and oxygen atoms in total. The highest BCUT2D eigenvalue weighted by atomic mass is 32.1. The predicted octanol–water partition coefficient (Wildman–Crippen LogP) is 4.74. The van der Waals surface area contributed by atoms with Gasteiger partial charge in [0.05, 0.1) is 137 Å². The molecule has 0 aliphatic carbocycles. The first-order valence-corrected chi connectivity index (χ1v) is 25.0. The van der Waals surface area contributed by atoms with Crippen LogP contribution in [0.25, 0.3) is 10.8 Å². The first kappa shape index (κ1) is 62.2. The molecular formula is C51H79N3O15S. The van der Waals surface area contributed by atoms with Crippen LogP contribution < -0.4 is 10.6 Å². The Labute approximate surface area is 419 Å².